The lowest BCUT2D eigenvalue weighted by molar-refractivity contribution is -0.120. The van der Waals surface area contributed by atoms with Crippen LogP contribution in [-0.4, -0.2) is 41.9 Å². The van der Waals surface area contributed by atoms with E-state index in [4.69, 9.17) is 0 Å². The summed E-state index contributed by atoms with van der Waals surface area (Å²) in [5.41, 5.74) is 0. The molecule has 0 aromatic carbocycles. The van der Waals surface area contributed by atoms with Crippen molar-refractivity contribution in [2.45, 2.75) is 24.0 Å². The van der Waals surface area contributed by atoms with Crippen LogP contribution in [0.5, 0.6) is 0 Å². The molecule has 1 atom stereocenters. The van der Waals surface area contributed by atoms with Crippen molar-refractivity contribution in [2.75, 3.05) is 18.4 Å². The minimum atomic E-state index is -3.51. The van der Waals surface area contributed by atoms with Crippen LogP contribution in [0.1, 0.15) is 17.8 Å². The molecule has 1 N–H and O–H groups in total. The van der Waals surface area contributed by atoms with Crippen LogP contribution in [0.2, 0.25) is 0 Å². The molecule has 0 spiro atoms. The predicted octanol–water partition coefficient (Wildman–Crippen LogP) is 1.95. The van der Waals surface area contributed by atoms with Gasteiger partial charge in [0, 0.05) is 13.1 Å². The number of thiophene rings is 1. The van der Waals surface area contributed by atoms with E-state index >= 15 is 0 Å². The molecule has 3 rings (SSSR count). The van der Waals surface area contributed by atoms with E-state index in [9.17, 15) is 13.2 Å². The maximum Gasteiger partial charge on any atom is 0.252 e. The quantitative estimate of drug-likeness (QED) is 0.885. The summed E-state index contributed by atoms with van der Waals surface area (Å²) in [4.78, 5) is 12.3. The van der Waals surface area contributed by atoms with Crippen LogP contribution in [0.25, 0.3) is 0 Å². The largest absolute Gasteiger partial charge is 0.300 e. The highest BCUT2D eigenvalue weighted by Gasteiger charge is 2.34. The van der Waals surface area contributed by atoms with E-state index in [0.29, 0.717) is 28.7 Å². The molecule has 2 aromatic rings. The minimum Gasteiger partial charge on any atom is -0.300 e. The van der Waals surface area contributed by atoms with Gasteiger partial charge in [-0.15, -0.1) is 21.5 Å². The lowest BCUT2D eigenvalue weighted by Gasteiger charge is -2.30. The molecule has 10 heteroatoms. The Morgan fingerprint density at radius 1 is 1.43 bits per heavy atom. The number of amides is 1. The highest BCUT2D eigenvalue weighted by molar-refractivity contribution is 7.91. The molecule has 1 amide bonds. The first kappa shape index (κ1) is 16.5. The molecule has 0 radical (unpaired) electrons. The fraction of sp³-hybridized carbons (Fsp3) is 0.462. The Morgan fingerprint density at radius 2 is 2.26 bits per heavy atom. The Balaban J connectivity index is 1.69. The second kappa shape index (κ2) is 6.63. The van der Waals surface area contributed by atoms with Crippen LogP contribution < -0.4 is 5.32 Å². The lowest BCUT2D eigenvalue weighted by atomic mass is 9.99. The predicted molar refractivity (Wildman–Crippen MR) is 89.1 cm³/mol. The van der Waals surface area contributed by atoms with Crippen molar-refractivity contribution in [2.24, 2.45) is 5.92 Å². The molecule has 0 aliphatic carbocycles. The van der Waals surface area contributed by atoms with E-state index < -0.39 is 10.0 Å². The highest BCUT2D eigenvalue weighted by atomic mass is 32.2. The average Bonchev–Trinajstić information content (AvgIpc) is 3.19. The van der Waals surface area contributed by atoms with Crippen LogP contribution in [-0.2, 0) is 14.8 Å². The summed E-state index contributed by atoms with van der Waals surface area (Å²) < 4.78 is 26.8. The van der Waals surface area contributed by atoms with Gasteiger partial charge in [-0.1, -0.05) is 17.4 Å². The number of piperidine rings is 1. The van der Waals surface area contributed by atoms with Crippen molar-refractivity contribution < 1.29 is 13.2 Å². The number of aryl methyl sites for hydroxylation is 1. The summed E-state index contributed by atoms with van der Waals surface area (Å²) in [6, 6.07) is 3.30. The Hall–Kier alpha value is -1.36. The maximum atomic E-state index is 12.6. The van der Waals surface area contributed by atoms with Gasteiger partial charge in [0.2, 0.25) is 11.0 Å². The molecule has 1 aliphatic heterocycles. The number of hydrogen-bond acceptors (Lipinski definition) is 7. The minimum absolute atomic E-state index is 0.198. The highest BCUT2D eigenvalue weighted by Crippen LogP contribution is 2.27. The first-order chi connectivity index (χ1) is 11.0. The van der Waals surface area contributed by atoms with Crippen molar-refractivity contribution in [3.05, 3.63) is 22.5 Å². The van der Waals surface area contributed by atoms with Crippen molar-refractivity contribution in [1.82, 2.24) is 14.5 Å². The number of nitrogens with one attached hydrogen (secondary N) is 1. The van der Waals surface area contributed by atoms with E-state index in [0.717, 1.165) is 5.01 Å². The third-order valence-electron chi connectivity index (χ3n) is 3.60. The average molecular weight is 372 g/mol. The molecular formula is C13H16N4O3S3. The van der Waals surface area contributed by atoms with Crippen molar-refractivity contribution in [3.8, 4) is 0 Å². The summed E-state index contributed by atoms with van der Waals surface area (Å²) in [5.74, 6) is -0.574. The normalized spacial score (nSPS) is 19.6. The molecule has 1 unspecified atom stereocenters. The Bertz CT molecular complexity index is 785. The SMILES string of the molecule is Cc1nnc(NC(=O)C2CCCN(S(=O)(=O)c3cccs3)C2)s1. The topological polar surface area (TPSA) is 92.3 Å². The second-order valence-corrected chi connectivity index (χ2v) is 9.54. The second-order valence-electron chi connectivity index (χ2n) is 5.25. The van der Waals surface area contributed by atoms with Gasteiger partial charge in [-0.2, -0.15) is 4.31 Å². The first-order valence-electron chi connectivity index (χ1n) is 7.11. The third kappa shape index (κ3) is 3.60. The standard InChI is InChI=1S/C13H16N4O3S3/c1-9-15-16-13(22-9)14-12(18)10-4-2-6-17(8-10)23(19,20)11-5-3-7-21-11/h3,5,7,10H,2,4,6,8H2,1H3,(H,14,16,18). The number of aromatic nitrogens is 2. The molecular weight excluding hydrogens is 356 g/mol. The summed E-state index contributed by atoms with van der Waals surface area (Å²) >= 11 is 2.49. The zero-order chi connectivity index (χ0) is 16.4. The first-order valence-corrected chi connectivity index (χ1v) is 10.2. The van der Waals surface area contributed by atoms with Crippen LogP contribution in [0.3, 0.4) is 0 Å². The Morgan fingerprint density at radius 3 is 2.91 bits per heavy atom. The number of carbonyl (C=O) groups is 1. The van der Waals surface area contributed by atoms with Crippen LogP contribution in [0.15, 0.2) is 21.7 Å². The maximum absolute atomic E-state index is 12.6. The molecule has 23 heavy (non-hydrogen) atoms. The molecule has 1 aliphatic rings. The van der Waals surface area contributed by atoms with Gasteiger partial charge < -0.3 is 5.32 Å². The van der Waals surface area contributed by atoms with Gasteiger partial charge in [-0.25, -0.2) is 8.42 Å². The number of sulfonamides is 1. The molecule has 124 valence electrons. The van der Waals surface area contributed by atoms with Gasteiger partial charge in [-0.05, 0) is 31.2 Å². The van der Waals surface area contributed by atoms with Gasteiger partial charge in [-0.3, -0.25) is 4.79 Å². The number of anilines is 1. The van der Waals surface area contributed by atoms with E-state index in [1.54, 1.807) is 17.5 Å². The van der Waals surface area contributed by atoms with E-state index in [1.807, 2.05) is 6.92 Å². The molecule has 0 bridgehead atoms. The van der Waals surface area contributed by atoms with Gasteiger partial charge in [0.25, 0.3) is 10.0 Å². The molecule has 2 aromatic heterocycles. The summed E-state index contributed by atoms with van der Waals surface area (Å²) in [7, 11) is -3.51. The van der Waals surface area contributed by atoms with Gasteiger partial charge in [0.1, 0.15) is 9.22 Å². The van der Waals surface area contributed by atoms with E-state index in [2.05, 4.69) is 15.5 Å². The fourth-order valence-electron chi connectivity index (χ4n) is 2.47. The molecule has 1 fully saturated rings. The van der Waals surface area contributed by atoms with Crippen LogP contribution in [0.4, 0.5) is 5.13 Å². The van der Waals surface area contributed by atoms with Crippen LogP contribution >= 0.6 is 22.7 Å². The van der Waals surface area contributed by atoms with Crippen molar-refractivity contribution >= 4 is 43.7 Å². The molecule has 7 nitrogen and oxygen atoms in total. The monoisotopic (exact) mass is 372 g/mol. The number of carbonyl (C=O) groups excluding carboxylic acids is 1. The van der Waals surface area contributed by atoms with Gasteiger partial charge in [0.15, 0.2) is 0 Å². The number of rotatable bonds is 4. The Kier molecular flexibility index (Phi) is 4.76. The lowest BCUT2D eigenvalue weighted by Crippen LogP contribution is -2.43. The Labute approximate surface area is 142 Å². The molecule has 1 saturated heterocycles. The smallest absolute Gasteiger partial charge is 0.252 e. The van der Waals surface area contributed by atoms with Gasteiger partial charge in [0.05, 0.1) is 5.92 Å². The van der Waals surface area contributed by atoms with Crippen molar-refractivity contribution in [1.29, 1.82) is 0 Å². The van der Waals surface area contributed by atoms with Crippen molar-refractivity contribution in [3.63, 3.8) is 0 Å². The summed E-state index contributed by atoms with van der Waals surface area (Å²) in [6.07, 6.45) is 1.33. The van der Waals surface area contributed by atoms with Gasteiger partial charge >= 0.3 is 0 Å². The number of nitrogens with zero attached hydrogens (tertiary/aromatic N) is 3. The zero-order valence-corrected chi connectivity index (χ0v) is 14.9. The van der Waals surface area contributed by atoms with E-state index in [-0.39, 0.29) is 18.4 Å². The fourth-order valence-corrected chi connectivity index (χ4v) is 5.73. The summed E-state index contributed by atoms with van der Waals surface area (Å²) in [6.45, 7) is 2.45. The number of hydrogen-bond donors (Lipinski definition) is 1. The zero-order valence-electron chi connectivity index (χ0n) is 12.4. The van der Waals surface area contributed by atoms with Crippen LogP contribution in [0, 0.1) is 12.8 Å². The van der Waals surface area contributed by atoms with E-state index in [1.165, 1.54) is 27.0 Å². The summed E-state index contributed by atoms with van der Waals surface area (Å²) in [5, 5.41) is 13.4. The third-order valence-corrected chi connectivity index (χ3v) is 7.59. The molecule has 0 saturated carbocycles. The molecule has 3 heterocycles.